The highest BCUT2D eigenvalue weighted by Crippen LogP contribution is 2.45. The molecule has 1 aliphatic rings. The monoisotopic (exact) mass is 548 g/mol. The number of carbonyl (C=O) groups excluding carboxylic acids is 1. The number of benzene rings is 1. The SMILES string of the molecule is CC1(CC(=O)N/N=C\c2cc(I)c(O)c(I)c2)SCCS1. The highest BCUT2D eigenvalue weighted by atomic mass is 127. The van der Waals surface area contributed by atoms with E-state index in [4.69, 9.17) is 0 Å². The molecular formula is C13H14I2N2O2S2. The summed E-state index contributed by atoms with van der Waals surface area (Å²) < 4.78 is 1.50. The third kappa shape index (κ3) is 5.17. The molecule has 1 heterocycles. The fraction of sp³-hybridized carbons (Fsp3) is 0.385. The Morgan fingerprint density at radius 2 is 2.00 bits per heavy atom. The zero-order valence-corrected chi connectivity index (χ0v) is 17.2. The number of nitrogens with zero attached hydrogens (tertiary/aromatic N) is 1. The normalized spacial score (nSPS) is 17.3. The van der Waals surface area contributed by atoms with Gasteiger partial charge < -0.3 is 5.11 Å². The summed E-state index contributed by atoms with van der Waals surface area (Å²) >= 11 is 7.79. The molecule has 0 saturated carbocycles. The molecule has 21 heavy (non-hydrogen) atoms. The van der Waals surface area contributed by atoms with Crippen LogP contribution in [0.5, 0.6) is 5.75 Å². The molecule has 4 nitrogen and oxygen atoms in total. The van der Waals surface area contributed by atoms with Gasteiger partial charge in [0.15, 0.2) is 0 Å². The van der Waals surface area contributed by atoms with E-state index in [1.165, 1.54) is 0 Å². The maximum atomic E-state index is 11.9. The Hall–Kier alpha value is 0.320. The van der Waals surface area contributed by atoms with Crippen LogP contribution in [0.2, 0.25) is 0 Å². The number of hydrazone groups is 1. The first kappa shape index (κ1) is 17.7. The van der Waals surface area contributed by atoms with Gasteiger partial charge in [-0.05, 0) is 69.8 Å². The van der Waals surface area contributed by atoms with Crippen LogP contribution in [-0.2, 0) is 4.79 Å². The topological polar surface area (TPSA) is 61.7 Å². The van der Waals surface area contributed by atoms with E-state index in [0.717, 1.165) is 24.2 Å². The summed E-state index contributed by atoms with van der Waals surface area (Å²) in [6, 6.07) is 3.63. The Balaban J connectivity index is 1.91. The van der Waals surface area contributed by atoms with Crippen LogP contribution in [0.3, 0.4) is 0 Å². The summed E-state index contributed by atoms with van der Waals surface area (Å²) in [5.74, 6) is 2.41. The number of thioether (sulfide) groups is 2. The van der Waals surface area contributed by atoms with Crippen molar-refractivity contribution in [3.8, 4) is 5.75 Å². The van der Waals surface area contributed by atoms with E-state index in [2.05, 4.69) is 62.6 Å². The molecule has 2 rings (SSSR count). The molecule has 114 valence electrons. The molecule has 0 aromatic heterocycles. The van der Waals surface area contributed by atoms with Crippen LogP contribution in [0.15, 0.2) is 17.2 Å². The standard InChI is InChI=1S/C13H14I2N2O2S2/c1-13(20-2-3-21-13)6-11(18)17-16-7-8-4-9(14)12(19)10(15)5-8/h4-5,7,19H,2-3,6H2,1H3,(H,17,18)/b16-7-. The molecule has 0 bridgehead atoms. The minimum absolute atomic E-state index is 0.0249. The average Bonchev–Trinajstić information content (AvgIpc) is 2.82. The van der Waals surface area contributed by atoms with E-state index in [9.17, 15) is 9.90 Å². The van der Waals surface area contributed by atoms with Crippen molar-refractivity contribution in [3.63, 3.8) is 0 Å². The fourth-order valence-corrected chi connectivity index (χ4v) is 6.47. The lowest BCUT2D eigenvalue weighted by Gasteiger charge is -2.19. The second-order valence-corrected chi connectivity index (χ2v) is 10.4. The van der Waals surface area contributed by atoms with Gasteiger partial charge in [-0.1, -0.05) is 0 Å². The van der Waals surface area contributed by atoms with Crippen molar-refractivity contribution in [2.24, 2.45) is 5.10 Å². The second kappa shape index (κ2) is 7.73. The first-order chi connectivity index (χ1) is 9.89. The van der Waals surface area contributed by atoms with Crippen molar-refractivity contribution < 1.29 is 9.90 Å². The number of rotatable bonds is 4. The van der Waals surface area contributed by atoms with E-state index in [0.29, 0.717) is 6.42 Å². The van der Waals surface area contributed by atoms with Crippen molar-refractivity contribution in [2.75, 3.05) is 11.5 Å². The molecule has 0 spiro atoms. The summed E-state index contributed by atoms with van der Waals surface area (Å²) in [4.78, 5) is 11.9. The van der Waals surface area contributed by atoms with Crippen LogP contribution in [0, 0.1) is 7.14 Å². The van der Waals surface area contributed by atoms with E-state index in [-0.39, 0.29) is 15.7 Å². The summed E-state index contributed by atoms with van der Waals surface area (Å²) in [5.41, 5.74) is 3.42. The van der Waals surface area contributed by atoms with Crippen LogP contribution < -0.4 is 5.43 Å². The van der Waals surface area contributed by atoms with Gasteiger partial charge >= 0.3 is 0 Å². The molecule has 8 heteroatoms. The number of phenolic OH excluding ortho intramolecular Hbond substituents is 1. The second-order valence-electron chi connectivity index (χ2n) is 4.63. The highest BCUT2D eigenvalue weighted by Gasteiger charge is 2.32. The molecule has 2 N–H and O–H groups in total. The third-order valence-corrected chi connectivity index (χ3v) is 7.76. The van der Waals surface area contributed by atoms with Crippen molar-refractivity contribution in [2.45, 2.75) is 17.4 Å². The van der Waals surface area contributed by atoms with Crippen LogP contribution >= 0.6 is 68.7 Å². The van der Waals surface area contributed by atoms with Crippen LogP contribution in [-0.4, -0.2) is 32.8 Å². The van der Waals surface area contributed by atoms with Gasteiger partial charge in [0.1, 0.15) is 5.75 Å². The molecule has 1 aromatic rings. The van der Waals surface area contributed by atoms with E-state index >= 15 is 0 Å². The molecule has 1 aromatic carbocycles. The minimum Gasteiger partial charge on any atom is -0.506 e. The van der Waals surface area contributed by atoms with Gasteiger partial charge in [-0.2, -0.15) is 5.10 Å². The fourth-order valence-electron chi connectivity index (χ4n) is 1.83. The molecular weight excluding hydrogens is 534 g/mol. The number of carbonyl (C=O) groups is 1. The lowest BCUT2D eigenvalue weighted by molar-refractivity contribution is -0.121. The summed E-state index contributed by atoms with van der Waals surface area (Å²) in [6.45, 7) is 2.10. The molecule has 1 aliphatic heterocycles. The van der Waals surface area contributed by atoms with Gasteiger partial charge in [-0.3, -0.25) is 4.79 Å². The molecule has 0 aliphatic carbocycles. The van der Waals surface area contributed by atoms with Crippen molar-refractivity contribution in [3.05, 3.63) is 24.8 Å². The predicted molar refractivity (Wildman–Crippen MR) is 107 cm³/mol. The molecule has 0 radical (unpaired) electrons. The van der Waals surface area contributed by atoms with Crippen molar-refractivity contribution >= 4 is 80.8 Å². The van der Waals surface area contributed by atoms with Gasteiger partial charge in [0.2, 0.25) is 5.91 Å². The quantitative estimate of drug-likeness (QED) is 0.343. The number of hydrogen-bond donors (Lipinski definition) is 2. The number of aromatic hydroxyl groups is 1. The Morgan fingerprint density at radius 1 is 1.43 bits per heavy atom. The van der Waals surface area contributed by atoms with Crippen LogP contribution in [0.1, 0.15) is 18.9 Å². The predicted octanol–water partition coefficient (Wildman–Crippen LogP) is 3.64. The Bertz CT molecular complexity index is 552. The van der Waals surface area contributed by atoms with Gasteiger partial charge in [0.05, 0.1) is 23.9 Å². The summed E-state index contributed by atoms with van der Waals surface area (Å²) in [7, 11) is 0. The lowest BCUT2D eigenvalue weighted by Crippen LogP contribution is -2.26. The van der Waals surface area contributed by atoms with Gasteiger partial charge in [-0.25, -0.2) is 5.43 Å². The molecule has 1 saturated heterocycles. The molecule has 0 unspecified atom stereocenters. The number of hydrogen-bond acceptors (Lipinski definition) is 5. The molecule has 1 fully saturated rings. The van der Waals surface area contributed by atoms with E-state index in [1.807, 2.05) is 35.7 Å². The van der Waals surface area contributed by atoms with E-state index < -0.39 is 0 Å². The number of nitrogens with one attached hydrogen (secondary N) is 1. The minimum atomic E-state index is -0.0705. The molecule has 1 amide bonds. The number of amides is 1. The first-order valence-electron chi connectivity index (χ1n) is 6.17. The zero-order chi connectivity index (χ0) is 15.5. The molecule has 0 atom stereocenters. The van der Waals surface area contributed by atoms with Gasteiger partial charge in [0, 0.05) is 11.5 Å². The Morgan fingerprint density at radius 3 is 2.57 bits per heavy atom. The van der Waals surface area contributed by atoms with Gasteiger partial charge in [0.25, 0.3) is 0 Å². The zero-order valence-electron chi connectivity index (χ0n) is 11.2. The van der Waals surface area contributed by atoms with Crippen molar-refractivity contribution in [1.82, 2.24) is 5.43 Å². The van der Waals surface area contributed by atoms with E-state index in [1.54, 1.807) is 6.21 Å². The maximum absolute atomic E-state index is 11.9. The highest BCUT2D eigenvalue weighted by molar-refractivity contribution is 14.1. The Kier molecular flexibility index (Phi) is 6.51. The smallest absolute Gasteiger partial charge is 0.242 e. The Labute approximate surface area is 159 Å². The number of halogens is 2. The third-order valence-electron chi connectivity index (χ3n) is 2.82. The maximum Gasteiger partial charge on any atom is 0.242 e. The first-order valence-corrected chi connectivity index (χ1v) is 10.3. The van der Waals surface area contributed by atoms with Crippen molar-refractivity contribution in [1.29, 1.82) is 0 Å². The van der Waals surface area contributed by atoms with Crippen LogP contribution in [0.25, 0.3) is 0 Å². The van der Waals surface area contributed by atoms with Crippen LogP contribution in [0.4, 0.5) is 0 Å². The largest absolute Gasteiger partial charge is 0.506 e. The summed E-state index contributed by atoms with van der Waals surface area (Å²) in [6.07, 6.45) is 2.06. The summed E-state index contributed by atoms with van der Waals surface area (Å²) in [5, 5.41) is 13.7. The van der Waals surface area contributed by atoms with Gasteiger partial charge in [-0.15, -0.1) is 23.5 Å². The average molecular weight is 548 g/mol. The lowest BCUT2D eigenvalue weighted by atomic mass is 10.2. The number of phenols is 1.